The highest BCUT2D eigenvalue weighted by molar-refractivity contribution is 6.35. The molecule has 2 aromatic rings. The summed E-state index contributed by atoms with van der Waals surface area (Å²) < 4.78 is 10.6. The second-order valence-electron chi connectivity index (χ2n) is 9.62. The Hall–Kier alpha value is -3.63. The van der Waals surface area contributed by atoms with Crippen LogP contribution in [0.5, 0.6) is 11.5 Å². The van der Waals surface area contributed by atoms with Gasteiger partial charge in [-0.3, -0.25) is 29.4 Å². The number of halogens is 1. The molecule has 0 radical (unpaired) electrons. The highest BCUT2D eigenvalue weighted by Gasteiger charge is 2.70. The molecule has 4 unspecified atom stereocenters. The van der Waals surface area contributed by atoms with Gasteiger partial charge in [0.1, 0.15) is 5.54 Å². The fraction of sp³-hybridized carbons (Fsp3) is 0.385. The number of rotatable bonds is 7. The van der Waals surface area contributed by atoms with Crippen LogP contribution < -0.4 is 25.8 Å². The number of carbonyl (C=O) groups excluding carboxylic acids is 4. The van der Waals surface area contributed by atoms with Gasteiger partial charge in [0.05, 0.1) is 36.8 Å². The van der Waals surface area contributed by atoms with E-state index in [9.17, 15) is 19.2 Å². The molecule has 4 atom stereocenters. The van der Waals surface area contributed by atoms with Crippen LogP contribution in [0.4, 0.5) is 5.69 Å². The molecule has 0 saturated carbocycles. The summed E-state index contributed by atoms with van der Waals surface area (Å²) in [6, 6.07) is 8.07. The molecule has 2 aromatic carbocycles. The first kappa shape index (κ1) is 25.0. The quantitative estimate of drug-likeness (QED) is 0.464. The van der Waals surface area contributed by atoms with Crippen molar-refractivity contribution < 1.29 is 28.7 Å². The number of imide groups is 1. The van der Waals surface area contributed by atoms with Crippen molar-refractivity contribution in [1.82, 2.24) is 10.2 Å². The Morgan fingerprint density at radius 3 is 2.51 bits per heavy atom. The van der Waals surface area contributed by atoms with Gasteiger partial charge in [-0.1, -0.05) is 23.7 Å². The molecule has 11 heteroatoms. The van der Waals surface area contributed by atoms with Crippen LogP contribution in [0.25, 0.3) is 0 Å². The normalized spacial score (nSPS) is 25.9. The van der Waals surface area contributed by atoms with Crippen molar-refractivity contribution in [2.45, 2.75) is 31.3 Å². The van der Waals surface area contributed by atoms with E-state index < -0.39 is 47.0 Å². The largest absolute Gasteiger partial charge is 0.493 e. The molecule has 0 aliphatic carbocycles. The summed E-state index contributed by atoms with van der Waals surface area (Å²) in [6.07, 6.45) is 0.166. The molecule has 4 N–H and O–H groups in total. The Labute approximate surface area is 218 Å². The number of nitrogens with zero attached hydrogens (tertiary/aromatic N) is 1. The number of fused-ring (bicyclic) bond motifs is 4. The minimum atomic E-state index is -1.54. The third-order valence-corrected chi connectivity index (χ3v) is 7.80. The lowest BCUT2D eigenvalue weighted by molar-refractivity contribution is -0.142. The lowest BCUT2D eigenvalue weighted by Crippen LogP contribution is -2.53. The van der Waals surface area contributed by atoms with Crippen LogP contribution in [0.15, 0.2) is 30.3 Å². The SMILES string of the molecule is COc1ccc(CCN2C(=O)C3C(CC(N)=O)NC4(C(=O)Nc5c(Cl)cc(C)cc54)C3C2=O)cc1OC. The molecule has 3 aliphatic rings. The maximum Gasteiger partial charge on any atom is 0.250 e. The maximum absolute atomic E-state index is 13.9. The van der Waals surface area contributed by atoms with Crippen LogP contribution >= 0.6 is 11.6 Å². The van der Waals surface area contributed by atoms with Gasteiger partial charge < -0.3 is 20.5 Å². The van der Waals surface area contributed by atoms with E-state index in [2.05, 4.69) is 10.6 Å². The molecule has 194 valence electrons. The molecule has 5 rings (SSSR count). The lowest BCUT2D eigenvalue weighted by atomic mass is 9.76. The van der Waals surface area contributed by atoms with E-state index in [0.717, 1.165) is 11.1 Å². The molecular formula is C26H27ClN4O6. The number of hydrogen-bond donors (Lipinski definition) is 3. The van der Waals surface area contributed by atoms with Crippen molar-refractivity contribution in [2.24, 2.45) is 17.6 Å². The van der Waals surface area contributed by atoms with Crippen LogP contribution in [-0.2, 0) is 31.1 Å². The second-order valence-corrected chi connectivity index (χ2v) is 10.0. The van der Waals surface area contributed by atoms with Crippen LogP contribution in [0, 0.1) is 18.8 Å². The third kappa shape index (κ3) is 3.74. The summed E-state index contributed by atoms with van der Waals surface area (Å²) in [5.74, 6) is -2.92. The van der Waals surface area contributed by atoms with Gasteiger partial charge in [0.25, 0.3) is 0 Å². The second kappa shape index (κ2) is 9.04. The molecule has 10 nitrogen and oxygen atoms in total. The van der Waals surface area contributed by atoms with Gasteiger partial charge in [-0.15, -0.1) is 0 Å². The fourth-order valence-electron chi connectivity index (χ4n) is 5.94. The van der Waals surface area contributed by atoms with Gasteiger partial charge in [0, 0.05) is 24.6 Å². The Kier molecular flexibility index (Phi) is 6.12. The predicted molar refractivity (Wildman–Crippen MR) is 134 cm³/mol. The van der Waals surface area contributed by atoms with E-state index in [-0.39, 0.29) is 13.0 Å². The number of anilines is 1. The number of hydrogen-bond acceptors (Lipinski definition) is 7. The number of nitrogens with two attached hydrogens (primary N) is 1. The minimum Gasteiger partial charge on any atom is -0.493 e. The zero-order chi connectivity index (χ0) is 26.6. The molecule has 1 spiro atoms. The molecule has 3 heterocycles. The number of primary amides is 1. The van der Waals surface area contributed by atoms with Crippen molar-refractivity contribution in [3.8, 4) is 11.5 Å². The first-order valence-electron chi connectivity index (χ1n) is 11.9. The number of carbonyl (C=O) groups is 4. The lowest BCUT2D eigenvalue weighted by Gasteiger charge is -2.29. The molecule has 37 heavy (non-hydrogen) atoms. The topological polar surface area (TPSA) is 140 Å². The van der Waals surface area contributed by atoms with Crippen molar-refractivity contribution >= 4 is 40.9 Å². The van der Waals surface area contributed by atoms with E-state index >= 15 is 0 Å². The number of methoxy groups -OCH3 is 2. The van der Waals surface area contributed by atoms with Crippen LogP contribution in [0.2, 0.25) is 5.02 Å². The van der Waals surface area contributed by atoms with Crippen LogP contribution in [0.3, 0.4) is 0 Å². The Bertz CT molecular complexity index is 1350. The van der Waals surface area contributed by atoms with Gasteiger partial charge in [-0.2, -0.15) is 0 Å². The number of likely N-dealkylation sites (tertiary alicyclic amines) is 1. The standard InChI is InChI=1S/C26H27ClN4O6/c1-12-8-14-22(15(27)9-12)29-25(35)26(14)21-20(16(30-26)11-19(28)32)23(33)31(24(21)34)7-6-13-4-5-17(36-2)18(10-13)37-3/h4-5,8-10,16,20-21,30H,6-7,11H2,1-3H3,(H2,28,32)(H,29,35). The van der Waals surface area contributed by atoms with Gasteiger partial charge in [0.2, 0.25) is 23.6 Å². The molecule has 2 saturated heterocycles. The Morgan fingerprint density at radius 1 is 1.11 bits per heavy atom. The predicted octanol–water partition coefficient (Wildman–Crippen LogP) is 1.50. The summed E-state index contributed by atoms with van der Waals surface area (Å²) in [4.78, 5) is 54.1. The average Bonchev–Trinajstić information content (AvgIpc) is 3.42. The van der Waals surface area contributed by atoms with Gasteiger partial charge in [-0.25, -0.2) is 0 Å². The smallest absolute Gasteiger partial charge is 0.250 e. The van der Waals surface area contributed by atoms with E-state index in [4.69, 9.17) is 26.8 Å². The first-order chi connectivity index (χ1) is 17.6. The Morgan fingerprint density at radius 2 is 1.84 bits per heavy atom. The number of benzene rings is 2. The summed E-state index contributed by atoms with van der Waals surface area (Å²) in [5.41, 5.74) is 6.46. The van der Waals surface area contributed by atoms with Gasteiger partial charge in [0.15, 0.2) is 11.5 Å². The van der Waals surface area contributed by atoms with Crippen LogP contribution in [-0.4, -0.2) is 55.3 Å². The first-order valence-corrected chi connectivity index (χ1v) is 12.2. The summed E-state index contributed by atoms with van der Waals surface area (Å²) in [6.45, 7) is 1.93. The Balaban J connectivity index is 1.51. The number of ether oxygens (including phenoxy) is 2. The molecule has 0 aromatic heterocycles. The number of nitrogens with one attached hydrogen (secondary N) is 2. The summed E-state index contributed by atoms with van der Waals surface area (Å²) in [7, 11) is 3.07. The molecule has 0 bridgehead atoms. The van der Waals surface area contributed by atoms with E-state index in [1.54, 1.807) is 24.3 Å². The zero-order valence-corrected chi connectivity index (χ0v) is 21.3. The molecule has 2 fully saturated rings. The molecule has 3 aliphatic heterocycles. The average molecular weight is 527 g/mol. The van der Waals surface area contributed by atoms with Crippen LogP contribution in [0.1, 0.15) is 23.1 Å². The minimum absolute atomic E-state index is 0.0998. The number of aryl methyl sites for hydroxylation is 1. The molecule has 4 amide bonds. The molecular weight excluding hydrogens is 500 g/mol. The monoisotopic (exact) mass is 526 g/mol. The van der Waals surface area contributed by atoms with E-state index in [1.165, 1.54) is 19.1 Å². The highest BCUT2D eigenvalue weighted by Crippen LogP contribution is 2.54. The fourth-order valence-corrected chi connectivity index (χ4v) is 6.26. The van der Waals surface area contributed by atoms with Gasteiger partial charge >= 0.3 is 0 Å². The zero-order valence-electron chi connectivity index (χ0n) is 20.6. The summed E-state index contributed by atoms with van der Waals surface area (Å²) in [5, 5.41) is 6.29. The number of amides is 4. The van der Waals surface area contributed by atoms with Crippen molar-refractivity contribution in [1.29, 1.82) is 0 Å². The van der Waals surface area contributed by atoms with Gasteiger partial charge in [-0.05, 0) is 42.7 Å². The highest BCUT2D eigenvalue weighted by atomic mass is 35.5. The third-order valence-electron chi connectivity index (χ3n) is 7.50. The van der Waals surface area contributed by atoms with Crippen molar-refractivity contribution in [3.63, 3.8) is 0 Å². The van der Waals surface area contributed by atoms with E-state index in [0.29, 0.717) is 34.2 Å². The maximum atomic E-state index is 13.9. The van der Waals surface area contributed by atoms with E-state index in [1.807, 2.05) is 13.0 Å². The van der Waals surface area contributed by atoms with Crippen molar-refractivity contribution in [3.05, 3.63) is 52.0 Å². The summed E-state index contributed by atoms with van der Waals surface area (Å²) >= 11 is 6.43. The van der Waals surface area contributed by atoms with Crippen molar-refractivity contribution in [2.75, 3.05) is 26.1 Å².